The summed E-state index contributed by atoms with van der Waals surface area (Å²) in [6.07, 6.45) is 2.27. The predicted octanol–water partition coefficient (Wildman–Crippen LogP) is 2.94. The zero-order chi connectivity index (χ0) is 22.9. The zero-order valence-corrected chi connectivity index (χ0v) is 18.4. The lowest BCUT2D eigenvalue weighted by Crippen LogP contribution is -2.52. The van der Waals surface area contributed by atoms with Crippen LogP contribution >= 0.6 is 0 Å². The minimum absolute atomic E-state index is 0.167. The summed E-state index contributed by atoms with van der Waals surface area (Å²) in [6.45, 7) is 2.36. The van der Waals surface area contributed by atoms with Crippen molar-refractivity contribution in [2.45, 2.75) is 44.5 Å². The van der Waals surface area contributed by atoms with E-state index >= 15 is 0 Å². The number of anilines is 1. The molecule has 168 valence electrons. The number of pyridine rings is 1. The number of aliphatic hydroxyl groups is 1. The first kappa shape index (κ1) is 20.0. The largest absolute Gasteiger partial charge is 0.367 e. The molecule has 9 heteroatoms. The number of benzene rings is 1. The van der Waals surface area contributed by atoms with Gasteiger partial charge in [0.15, 0.2) is 11.5 Å². The first-order valence-corrected chi connectivity index (χ1v) is 11.0. The van der Waals surface area contributed by atoms with Crippen LogP contribution in [-0.2, 0) is 6.54 Å². The fourth-order valence-corrected chi connectivity index (χ4v) is 5.15. The smallest absolute Gasteiger partial charge is 0.266 e. The molecule has 0 spiro atoms. The quantitative estimate of drug-likeness (QED) is 0.625. The molecule has 1 aliphatic carbocycles. The molecule has 1 fully saturated rings. The molecule has 8 nitrogen and oxygen atoms in total. The Bertz CT molecular complexity index is 1320. The standard InChI is InChI=1S/C24H23FN6O2/c1-14-20-21(31-18-6-4-12-24(18,33)27-23(31)29(2)22(20)32)28-30(14)13-15-8-10-16(11-9-15)17-5-3-7-19(25)26-17/h3,5,7-11,18,33H,4,6,12-13H2,1-2H3/t18-,24-/m0/s1. The average Bonchev–Trinajstić information content (AvgIpc) is 3.41. The number of halogens is 1. The van der Waals surface area contributed by atoms with Crippen molar-refractivity contribution in [3.05, 3.63) is 65.2 Å². The van der Waals surface area contributed by atoms with Gasteiger partial charge in [0.1, 0.15) is 5.56 Å². The van der Waals surface area contributed by atoms with Crippen LogP contribution < -0.4 is 4.90 Å². The predicted molar refractivity (Wildman–Crippen MR) is 120 cm³/mol. The van der Waals surface area contributed by atoms with Crippen molar-refractivity contribution < 1.29 is 14.3 Å². The molecule has 1 saturated carbocycles. The molecule has 33 heavy (non-hydrogen) atoms. The third kappa shape index (κ3) is 2.92. The van der Waals surface area contributed by atoms with Crippen molar-refractivity contribution in [2.24, 2.45) is 4.99 Å². The summed E-state index contributed by atoms with van der Waals surface area (Å²) < 4.78 is 15.3. The Morgan fingerprint density at radius 2 is 2.00 bits per heavy atom. The zero-order valence-electron chi connectivity index (χ0n) is 18.4. The summed E-state index contributed by atoms with van der Waals surface area (Å²) in [7, 11) is 1.69. The molecule has 0 bridgehead atoms. The van der Waals surface area contributed by atoms with Crippen LogP contribution in [0.15, 0.2) is 47.5 Å². The van der Waals surface area contributed by atoms with E-state index in [0.717, 1.165) is 29.7 Å². The Balaban J connectivity index is 1.34. The first-order valence-electron chi connectivity index (χ1n) is 11.0. The van der Waals surface area contributed by atoms with Gasteiger partial charge >= 0.3 is 0 Å². The lowest BCUT2D eigenvalue weighted by atomic mass is 10.1. The molecular weight excluding hydrogens is 423 g/mol. The van der Waals surface area contributed by atoms with Crippen LogP contribution in [0, 0.1) is 12.9 Å². The number of carbonyl (C=O) groups excluding carboxylic acids is 1. The van der Waals surface area contributed by atoms with Crippen LogP contribution in [0.25, 0.3) is 11.3 Å². The van der Waals surface area contributed by atoms with E-state index in [2.05, 4.69) is 9.98 Å². The average molecular weight is 446 g/mol. The van der Waals surface area contributed by atoms with Gasteiger partial charge in [-0.25, -0.2) is 9.98 Å². The van der Waals surface area contributed by atoms with E-state index in [1.165, 1.54) is 11.0 Å². The molecule has 2 aliphatic heterocycles. The Labute approximate surface area is 190 Å². The monoisotopic (exact) mass is 446 g/mol. The summed E-state index contributed by atoms with van der Waals surface area (Å²) >= 11 is 0. The molecule has 3 aromatic rings. The van der Waals surface area contributed by atoms with Crippen molar-refractivity contribution in [1.82, 2.24) is 19.7 Å². The first-order chi connectivity index (χ1) is 15.9. The molecule has 1 amide bonds. The second-order valence-corrected chi connectivity index (χ2v) is 8.92. The number of amides is 1. The minimum Gasteiger partial charge on any atom is -0.367 e. The lowest BCUT2D eigenvalue weighted by molar-refractivity contribution is 0.0512. The van der Waals surface area contributed by atoms with E-state index < -0.39 is 11.7 Å². The van der Waals surface area contributed by atoms with E-state index in [-0.39, 0.29) is 11.9 Å². The summed E-state index contributed by atoms with van der Waals surface area (Å²) in [5, 5.41) is 15.8. The van der Waals surface area contributed by atoms with Gasteiger partial charge in [0, 0.05) is 12.6 Å². The molecule has 6 rings (SSSR count). The highest BCUT2D eigenvalue weighted by atomic mass is 19.1. The van der Waals surface area contributed by atoms with Crippen LogP contribution in [0.2, 0.25) is 0 Å². The third-order valence-corrected chi connectivity index (χ3v) is 6.91. The van der Waals surface area contributed by atoms with Crippen molar-refractivity contribution in [3.63, 3.8) is 0 Å². The number of hydrogen-bond donors (Lipinski definition) is 1. The van der Waals surface area contributed by atoms with Crippen molar-refractivity contribution in [2.75, 3.05) is 11.9 Å². The van der Waals surface area contributed by atoms with E-state index in [1.807, 2.05) is 40.8 Å². The minimum atomic E-state index is -1.16. The molecule has 0 unspecified atom stereocenters. The van der Waals surface area contributed by atoms with Crippen LogP contribution in [0.5, 0.6) is 0 Å². The van der Waals surface area contributed by atoms with E-state index in [0.29, 0.717) is 36.0 Å². The number of aliphatic imine (C=N–C) groups is 1. The Hall–Kier alpha value is -3.59. The Kier molecular flexibility index (Phi) is 4.22. The maximum Gasteiger partial charge on any atom is 0.266 e. The summed E-state index contributed by atoms with van der Waals surface area (Å²) in [4.78, 5) is 25.0. The number of guanidine groups is 1. The second-order valence-electron chi connectivity index (χ2n) is 8.92. The van der Waals surface area contributed by atoms with Crippen molar-refractivity contribution >= 4 is 17.7 Å². The lowest BCUT2D eigenvalue weighted by Gasteiger charge is -2.34. The molecule has 2 atom stereocenters. The Morgan fingerprint density at radius 3 is 2.76 bits per heavy atom. The van der Waals surface area contributed by atoms with Gasteiger partial charge in [-0.05, 0) is 43.9 Å². The molecule has 2 aromatic heterocycles. The maximum atomic E-state index is 13.5. The van der Waals surface area contributed by atoms with Gasteiger partial charge in [-0.2, -0.15) is 9.49 Å². The van der Waals surface area contributed by atoms with E-state index in [4.69, 9.17) is 5.10 Å². The molecule has 0 radical (unpaired) electrons. The van der Waals surface area contributed by atoms with E-state index in [9.17, 15) is 14.3 Å². The molecule has 4 heterocycles. The highest BCUT2D eigenvalue weighted by Gasteiger charge is 2.56. The van der Waals surface area contributed by atoms with Gasteiger partial charge in [-0.3, -0.25) is 19.3 Å². The summed E-state index contributed by atoms with van der Waals surface area (Å²) in [5.74, 6) is 0.358. The van der Waals surface area contributed by atoms with Gasteiger partial charge in [-0.1, -0.05) is 30.3 Å². The van der Waals surface area contributed by atoms with Crippen LogP contribution in [0.3, 0.4) is 0 Å². The van der Waals surface area contributed by atoms with Gasteiger partial charge in [0.2, 0.25) is 11.9 Å². The number of nitrogens with zero attached hydrogens (tertiary/aromatic N) is 6. The van der Waals surface area contributed by atoms with Crippen LogP contribution in [0.4, 0.5) is 10.2 Å². The topological polar surface area (TPSA) is 86.8 Å². The van der Waals surface area contributed by atoms with Crippen molar-refractivity contribution in [1.29, 1.82) is 0 Å². The molecule has 3 aliphatic rings. The highest BCUT2D eigenvalue weighted by Crippen LogP contribution is 2.45. The number of aromatic nitrogens is 3. The molecule has 1 N–H and O–H groups in total. The highest BCUT2D eigenvalue weighted by molar-refractivity contribution is 6.19. The number of rotatable bonds is 3. The maximum absolute atomic E-state index is 13.5. The van der Waals surface area contributed by atoms with Gasteiger partial charge in [0.05, 0.1) is 24.0 Å². The normalized spacial score (nSPS) is 23.5. The Morgan fingerprint density at radius 1 is 1.21 bits per heavy atom. The van der Waals surface area contributed by atoms with Crippen molar-refractivity contribution in [3.8, 4) is 11.3 Å². The van der Waals surface area contributed by atoms with Gasteiger partial charge in [0.25, 0.3) is 5.91 Å². The number of hydrogen-bond acceptors (Lipinski definition) is 6. The fraction of sp³-hybridized carbons (Fsp3) is 0.333. The van der Waals surface area contributed by atoms with Crippen LogP contribution in [0.1, 0.15) is 40.9 Å². The summed E-state index contributed by atoms with van der Waals surface area (Å²) in [6, 6.07) is 12.2. The second kappa shape index (κ2) is 6.95. The van der Waals surface area contributed by atoms with Gasteiger partial charge < -0.3 is 5.11 Å². The van der Waals surface area contributed by atoms with E-state index in [1.54, 1.807) is 19.2 Å². The summed E-state index contributed by atoms with van der Waals surface area (Å²) in [5.41, 5.74) is 2.55. The molecule has 0 saturated heterocycles. The third-order valence-electron chi connectivity index (χ3n) is 6.91. The molecular formula is C24H23FN6O2. The number of fused-ring (bicyclic) bond motifs is 5. The molecule has 1 aromatic carbocycles. The SMILES string of the molecule is Cc1c2c(nn1Cc1ccc(-c3cccc(F)n3)cc1)N1C(=N[C@]3(O)CCC[C@H]13)N(C)C2=O. The van der Waals surface area contributed by atoms with Gasteiger partial charge in [-0.15, -0.1) is 0 Å². The van der Waals surface area contributed by atoms with Crippen LogP contribution in [-0.4, -0.2) is 55.5 Å². The number of carbonyl (C=O) groups is 1. The fourth-order valence-electron chi connectivity index (χ4n) is 5.15.